The Morgan fingerprint density at radius 3 is 2.55 bits per heavy atom. The Labute approximate surface area is 195 Å². The maximum absolute atomic E-state index is 13.8. The summed E-state index contributed by atoms with van der Waals surface area (Å²) in [6, 6.07) is 16.0. The molecule has 2 bridgehead atoms. The van der Waals surface area contributed by atoms with Crippen LogP contribution in [0.5, 0.6) is 0 Å². The van der Waals surface area contributed by atoms with Gasteiger partial charge in [0.05, 0.1) is 17.3 Å². The predicted molar refractivity (Wildman–Crippen MR) is 131 cm³/mol. The molecule has 2 heterocycles. The van der Waals surface area contributed by atoms with Crippen molar-refractivity contribution in [1.29, 1.82) is 0 Å². The number of carbonyl (C=O) groups excluding carboxylic acids is 1. The minimum atomic E-state index is -3.72. The molecule has 0 amide bonds. The number of aldehydes is 1. The maximum Gasteiger partial charge on any atom is 0.239 e. The van der Waals surface area contributed by atoms with Gasteiger partial charge < -0.3 is 10.1 Å². The van der Waals surface area contributed by atoms with Crippen LogP contribution in [-0.2, 0) is 20.2 Å². The number of anilines is 1. The van der Waals surface area contributed by atoms with Crippen molar-refractivity contribution >= 4 is 32.9 Å². The van der Waals surface area contributed by atoms with E-state index in [-0.39, 0.29) is 23.1 Å². The first-order valence-corrected chi connectivity index (χ1v) is 13.5. The van der Waals surface area contributed by atoms with Crippen molar-refractivity contribution in [3.05, 3.63) is 65.9 Å². The summed E-state index contributed by atoms with van der Waals surface area (Å²) in [5.41, 5.74) is 3.04. The van der Waals surface area contributed by atoms with Gasteiger partial charge in [0.15, 0.2) is 0 Å². The molecule has 1 aromatic heterocycles. The standard InChI is InChI=1S/C27H30N2O3S/c1-26(2)22-8-4-5-9-23(22)28-25(26)21-15-29(24-10-6-3-7-20(21)24)33(31,32)17-27(16-30)14-18-11-12-19(27)13-18/h3-10,15-16,18-19,25,28H,11-14,17H2,1-2H3. The van der Waals surface area contributed by atoms with Crippen LogP contribution in [0.25, 0.3) is 10.9 Å². The number of para-hydroxylation sites is 2. The van der Waals surface area contributed by atoms with Crippen LogP contribution in [0.2, 0.25) is 0 Å². The third kappa shape index (κ3) is 2.96. The number of nitrogens with one attached hydrogen (secondary N) is 1. The molecule has 1 N–H and O–H groups in total. The lowest BCUT2D eigenvalue weighted by Gasteiger charge is -2.32. The average molecular weight is 463 g/mol. The van der Waals surface area contributed by atoms with Gasteiger partial charge in [-0.2, -0.15) is 0 Å². The molecule has 5 nitrogen and oxygen atoms in total. The van der Waals surface area contributed by atoms with Crippen LogP contribution < -0.4 is 5.32 Å². The highest BCUT2D eigenvalue weighted by Gasteiger charge is 2.53. The Hall–Kier alpha value is -2.60. The van der Waals surface area contributed by atoms with Crippen LogP contribution in [0.1, 0.15) is 56.7 Å². The van der Waals surface area contributed by atoms with E-state index in [0.717, 1.165) is 42.2 Å². The molecule has 33 heavy (non-hydrogen) atoms. The Bertz CT molecular complexity index is 1370. The normalized spacial score (nSPS) is 29.8. The summed E-state index contributed by atoms with van der Waals surface area (Å²) in [5, 5.41) is 4.58. The number of nitrogens with zero attached hydrogens (tertiary/aromatic N) is 1. The molecule has 6 rings (SSSR count). The third-order valence-corrected chi connectivity index (χ3v) is 10.5. The molecule has 0 radical (unpaired) electrons. The quantitative estimate of drug-likeness (QED) is 0.525. The zero-order chi connectivity index (χ0) is 23.0. The molecule has 3 aromatic rings. The number of hydrogen-bond donors (Lipinski definition) is 1. The van der Waals surface area contributed by atoms with Gasteiger partial charge in [0.2, 0.25) is 10.0 Å². The number of hydrogen-bond acceptors (Lipinski definition) is 4. The molecule has 0 saturated heterocycles. The fourth-order valence-electron chi connectivity index (χ4n) is 7.02. The molecule has 2 fully saturated rings. The van der Waals surface area contributed by atoms with E-state index in [1.807, 2.05) is 36.4 Å². The van der Waals surface area contributed by atoms with Gasteiger partial charge in [-0.05, 0) is 48.8 Å². The molecule has 172 valence electrons. The zero-order valence-electron chi connectivity index (χ0n) is 19.1. The zero-order valence-corrected chi connectivity index (χ0v) is 19.9. The van der Waals surface area contributed by atoms with Gasteiger partial charge in [0, 0.05) is 33.7 Å². The van der Waals surface area contributed by atoms with Crippen LogP contribution in [0.3, 0.4) is 0 Å². The SMILES string of the molecule is CC1(C)c2ccccc2NC1c1cn(S(=O)(=O)CC2(C=O)CC3CCC2C3)c2ccccc12. The molecule has 3 aliphatic rings. The van der Waals surface area contributed by atoms with Gasteiger partial charge in [0.25, 0.3) is 0 Å². The molecule has 2 aliphatic carbocycles. The van der Waals surface area contributed by atoms with Gasteiger partial charge in [-0.25, -0.2) is 12.4 Å². The summed E-state index contributed by atoms with van der Waals surface area (Å²) in [5.74, 6) is 0.583. The highest BCUT2D eigenvalue weighted by atomic mass is 32.2. The van der Waals surface area contributed by atoms with Gasteiger partial charge in [-0.1, -0.05) is 56.7 Å². The monoisotopic (exact) mass is 462 g/mol. The molecule has 6 heteroatoms. The van der Waals surface area contributed by atoms with Crippen LogP contribution in [0, 0.1) is 17.3 Å². The summed E-state index contributed by atoms with van der Waals surface area (Å²) < 4.78 is 29.1. The second-order valence-electron chi connectivity index (χ2n) is 10.9. The number of carbonyl (C=O) groups is 1. The summed E-state index contributed by atoms with van der Waals surface area (Å²) >= 11 is 0. The van der Waals surface area contributed by atoms with Gasteiger partial charge in [0.1, 0.15) is 6.29 Å². The van der Waals surface area contributed by atoms with Crippen LogP contribution in [-0.4, -0.2) is 24.4 Å². The maximum atomic E-state index is 13.8. The lowest BCUT2D eigenvalue weighted by molar-refractivity contribution is -0.117. The van der Waals surface area contributed by atoms with Crippen LogP contribution >= 0.6 is 0 Å². The summed E-state index contributed by atoms with van der Waals surface area (Å²) in [6.07, 6.45) is 6.55. The van der Waals surface area contributed by atoms with Gasteiger partial charge in [-0.3, -0.25) is 0 Å². The fourth-order valence-corrected chi connectivity index (χ4v) is 8.99. The van der Waals surface area contributed by atoms with Crippen molar-refractivity contribution in [2.75, 3.05) is 11.1 Å². The van der Waals surface area contributed by atoms with E-state index < -0.39 is 15.4 Å². The molecular weight excluding hydrogens is 432 g/mol. The van der Waals surface area contributed by atoms with E-state index in [9.17, 15) is 13.2 Å². The summed E-state index contributed by atoms with van der Waals surface area (Å²) in [4.78, 5) is 12.2. The molecule has 4 atom stereocenters. The lowest BCUT2D eigenvalue weighted by Crippen LogP contribution is -2.38. The van der Waals surface area contributed by atoms with Crippen molar-refractivity contribution in [3.8, 4) is 0 Å². The second-order valence-corrected chi connectivity index (χ2v) is 12.8. The van der Waals surface area contributed by atoms with Crippen molar-refractivity contribution in [2.45, 2.75) is 51.0 Å². The Morgan fingerprint density at radius 2 is 1.85 bits per heavy atom. The summed E-state index contributed by atoms with van der Waals surface area (Å²) in [6.45, 7) is 4.40. The molecule has 4 unspecified atom stereocenters. The van der Waals surface area contributed by atoms with E-state index in [1.165, 1.54) is 9.54 Å². The predicted octanol–water partition coefficient (Wildman–Crippen LogP) is 5.27. The first kappa shape index (κ1) is 21.0. The number of rotatable bonds is 5. The van der Waals surface area contributed by atoms with E-state index >= 15 is 0 Å². The Morgan fingerprint density at radius 1 is 1.09 bits per heavy atom. The van der Waals surface area contributed by atoms with Crippen molar-refractivity contribution in [2.24, 2.45) is 17.3 Å². The number of benzene rings is 2. The lowest BCUT2D eigenvalue weighted by atomic mass is 9.76. The van der Waals surface area contributed by atoms with Crippen molar-refractivity contribution in [3.63, 3.8) is 0 Å². The van der Waals surface area contributed by atoms with Crippen LogP contribution in [0.15, 0.2) is 54.7 Å². The second kappa shape index (κ2) is 6.95. The minimum Gasteiger partial charge on any atom is -0.377 e. The Kier molecular flexibility index (Phi) is 4.42. The topological polar surface area (TPSA) is 68.2 Å². The van der Waals surface area contributed by atoms with Gasteiger partial charge >= 0.3 is 0 Å². The molecule has 1 aliphatic heterocycles. The minimum absolute atomic E-state index is 0.0567. The van der Waals surface area contributed by atoms with E-state index in [4.69, 9.17) is 0 Å². The van der Waals surface area contributed by atoms with E-state index in [1.54, 1.807) is 6.20 Å². The number of aromatic nitrogens is 1. The molecular formula is C27H30N2O3S. The van der Waals surface area contributed by atoms with Crippen LogP contribution in [0.4, 0.5) is 5.69 Å². The van der Waals surface area contributed by atoms with E-state index in [2.05, 4.69) is 31.3 Å². The largest absolute Gasteiger partial charge is 0.377 e. The Balaban J connectivity index is 1.45. The highest BCUT2D eigenvalue weighted by Crippen LogP contribution is 2.56. The third-order valence-electron chi connectivity index (χ3n) is 8.67. The molecule has 2 aromatic carbocycles. The first-order valence-electron chi connectivity index (χ1n) is 11.9. The summed E-state index contributed by atoms with van der Waals surface area (Å²) in [7, 11) is -3.72. The number of fused-ring (bicyclic) bond motifs is 4. The highest BCUT2D eigenvalue weighted by molar-refractivity contribution is 7.90. The fraction of sp³-hybridized carbons (Fsp3) is 0.444. The van der Waals surface area contributed by atoms with Gasteiger partial charge in [-0.15, -0.1) is 0 Å². The van der Waals surface area contributed by atoms with E-state index in [0.29, 0.717) is 17.9 Å². The molecule has 0 spiro atoms. The van der Waals surface area contributed by atoms with Crippen molar-refractivity contribution < 1.29 is 13.2 Å². The average Bonchev–Trinajstić information content (AvgIpc) is 3.54. The first-order chi connectivity index (χ1) is 15.7. The smallest absolute Gasteiger partial charge is 0.239 e. The molecule has 2 saturated carbocycles. The van der Waals surface area contributed by atoms with Crippen molar-refractivity contribution in [1.82, 2.24) is 3.97 Å².